The van der Waals surface area contributed by atoms with E-state index in [9.17, 15) is 13.6 Å². The van der Waals surface area contributed by atoms with Crippen LogP contribution in [-0.4, -0.2) is 24.3 Å². The Labute approximate surface area is 120 Å². The van der Waals surface area contributed by atoms with Gasteiger partial charge in [-0.05, 0) is 37.6 Å². The van der Waals surface area contributed by atoms with Gasteiger partial charge in [-0.15, -0.1) is 12.4 Å². The molecule has 1 aliphatic heterocycles. The van der Waals surface area contributed by atoms with Crippen molar-refractivity contribution in [3.05, 3.63) is 24.3 Å². The predicted molar refractivity (Wildman–Crippen MR) is 75.2 cm³/mol. The minimum atomic E-state index is -2.45. The summed E-state index contributed by atoms with van der Waals surface area (Å²) in [5, 5.41) is 5.82. The third kappa shape index (κ3) is 4.97. The molecule has 3 nitrogen and oxygen atoms in total. The first kappa shape index (κ1) is 16.2. The second-order valence-electron chi connectivity index (χ2n) is 4.04. The zero-order chi connectivity index (χ0) is 13.0. The van der Waals surface area contributed by atoms with Crippen LogP contribution in [0, 0.1) is 0 Å². The van der Waals surface area contributed by atoms with E-state index in [0.29, 0.717) is 22.3 Å². The highest BCUT2D eigenvalue weighted by molar-refractivity contribution is 7.99. The molecule has 1 amide bonds. The zero-order valence-corrected chi connectivity index (χ0v) is 11.7. The van der Waals surface area contributed by atoms with Crippen LogP contribution in [0.25, 0.3) is 0 Å². The van der Waals surface area contributed by atoms with Gasteiger partial charge in [-0.1, -0.05) is 17.8 Å². The van der Waals surface area contributed by atoms with Gasteiger partial charge in [-0.25, -0.2) is 0 Å². The highest BCUT2D eigenvalue weighted by atomic mass is 35.5. The second kappa shape index (κ2) is 7.67. The summed E-state index contributed by atoms with van der Waals surface area (Å²) in [6, 6.07) is 6.34. The molecule has 0 saturated carbocycles. The van der Waals surface area contributed by atoms with Crippen molar-refractivity contribution < 1.29 is 13.6 Å². The molecule has 0 aromatic heterocycles. The van der Waals surface area contributed by atoms with E-state index < -0.39 is 5.76 Å². The maximum Gasteiger partial charge on any atom is 0.288 e. The molecule has 1 unspecified atom stereocenters. The lowest BCUT2D eigenvalue weighted by Crippen LogP contribution is -2.35. The number of benzene rings is 1. The molecule has 1 heterocycles. The number of anilines is 1. The van der Waals surface area contributed by atoms with Gasteiger partial charge in [0.1, 0.15) is 0 Å². The van der Waals surface area contributed by atoms with Crippen LogP contribution >= 0.6 is 24.2 Å². The van der Waals surface area contributed by atoms with Gasteiger partial charge in [0, 0.05) is 10.6 Å². The maximum absolute atomic E-state index is 12.2. The molecule has 2 N–H and O–H groups in total. The Morgan fingerprint density at radius 2 is 2.26 bits per heavy atom. The van der Waals surface area contributed by atoms with Crippen LogP contribution in [0.15, 0.2) is 29.2 Å². The topological polar surface area (TPSA) is 41.1 Å². The van der Waals surface area contributed by atoms with E-state index in [2.05, 4.69) is 10.6 Å². The third-order valence-corrected chi connectivity index (χ3v) is 3.41. The summed E-state index contributed by atoms with van der Waals surface area (Å²) in [6.07, 6.45) is 1.80. The second-order valence-corrected chi connectivity index (χ2v) is 5.11. The van der Waals surface area contributed by atoms with Crippen LogP contribution in [-0.2, 0) is 4.79 Å². The van der Waals surface area contributed by atoms with E-state index in [1.165, 1.54) is 0 Å². The normalized spacial score (nSPS) is 18.2. The standard InChI is InChI=1S/C12H14F2N2OS.ClH/c13-12(14)18-9-4-1-3-8(7-9)16-11(17)10-5-2-6-15-10;/h1,3-4,7,10,12,15H,2,5-6H2,(H,16,17);1H. The molecule has 1 aromatic rings. The van der Waals surface area contributed by atoms with Gasteiger partial charge in [0.05, 0.1) is 6.04 Å². The van der Waals surface area contributed by atoms with Crippen LogP contribution in [0.3, 0.4) is 0 Å². The van der Waals surface area contributed by atoms with E-state index >= 15 is 0 Å². The molecule has 7 heteroatoms. The molecule has 1 aliphatic rings. The minimum absolute atomic E-state index is 0. The number of thioether (sulfide) groups is 1. The summed E-state index contributed by atoms with van der Waals surface area (Å²) in [7, 11) is 0. The SMILES string of the molecule is Cl.O=C(Nc1cccc(SC(F)F)c1)C1CCCN1. The summed E-state index contributed by atoms with van der Waals surface area (Å²) in [5.41, 5.74) is 0.555. The first-order valence-electron chi connectivity index (χ1n) is 5.74. The molecule has 106 valence electrons. The number of halogens is 3. The largest absolute Gasteiger partial charge is 0.325 e. The van der Waals surface area contributed by atoms with Gasteiger partial charge in [0.25, 0.3) is 5.76 Å². The quantitative estimate of drug-likeness (QED) is 0.840. The van der Waals surface area contributed by atoms with Crippen molar-refractivity contribution >= 4 is 35.8 Å². The number of carbonyl (C=O) groups excluding carboxylic acids is 1. The lowest BCUT2D eigenvalue weighted by Gasteiger charge is -2.11. The van der Waals surface area contributed by atoms with Crippen molar-refractivity contribution in [1.29, 1.82) is 0 Å². The van der Waals surface area contributed by atoms with E-state index in [0.717, 1.165) is 19.4 Å². The summed E-state index contributed by atoms with van der Waals surface area (Å²) < 4.78 is 24.5. The molecule has 2 rings (SSSR count). The third-order valence-electron chi connectivity index (χ3n) is 2.70. The fourth-order valence-electron chi connectivity index (χ4n) is 1.89. The Morgan fingerprint density at radius 1 is 1.47 bits per heavy atom. The fraction of sp³-hybridized carbons (Fsp3) is 0.417. The molecule has 1 fully saturated rings. The molecule has 1 atom stereocenters. The predicted octanol–water partition coefficient (Wildman–Crippen LogP) is 3.11. The summed E-state index contributed by atoms with van der Waals surface area (Å²) in [5.74, 6) is -2.56. The van der Waals surface area contributed by atoms with Crippen LogP contribution in [0.5, 0.6) is 0 Å². The number of carbonyl (C=O) groups is 1. The van der Waals surface area contributed by atoms with Crippen molar-refractivity contribution in [2.24, 2.45) is 0 Å². The van der Waals surface area contributed by atoms with Crippen LogP contribution in [0.4, 0.5) is 14.5 Å². The Hall–Kier alpha value is -0.850. The first-order valence-corrected chi connectivity index (χ1v) is 6.62. The number of amides is 1. The van der Waals surface area contributed by atoms with Crippen molar-refractivity contribution in [2.45, 2.75) is 29.5 Å². The van der Waals surface area contributed by atoms with E-state index in [4.69, 9.17) is 0 Å². The number of hydrogen-bond acceptors (Lipinski definition) is 3. The number of alkyl halides is 2. The fourth-order valence-corrected chi connectivity index (χ4v) is 2.45. The molecule has 19 heavy (non-hydrogen) atoms. The molecular formula is C12H15ClF2N2OS. The molecule has 0 radical (unpaired) electrons. The Morgan fingerprint density at radius 3 is 2.89 bits per heavy atom. The highest BCUT2D eigenvalue weighted by Crippen LogP contribution is 2.27. The lowest BCUT2D eigenvalue weighted by atomic mass is 10.2. The molecule has 1 saturated heterocycles. The molecular weight excluding hydrogens is 294 g/mol. The van der Waals surface area contributed by atoms with E-state index in [1.807, 2.05) is 0 Å². The number of nitrogens with one attached hydrogen (secondary N) is 2. The monoisotopic (exact) mass is 308 g/mol. The van der Waals surface area contributed by atoms with Crippen molar-refractivity contribution in [3.8, 4) is 0 Å². The lowest BCUT2D eigenvalue weighted by molar-refractivity contribution is -0.117. The molecule has 1 aromatic carbocycles. The Kier molecular flexibility index (Phi) is 6.54. The van der Waals surface area contributed by atoms with Crippen molar-refractivity contribution in [1.82, 2.24) is 5.32 Å². The van der Waals surface area contributed by atoms with E-state index in [-0.39, 0.29) is 24.4 Å². The summed E-state index contributed by atoms with van der Waals surface area (Å²) >= 11 is 0.472. The van der Waals surface area contributed by atoms with Gasteiger partial charge in [0.2, 0.25) is 5.91 Å². The average molecular weight is 309 g/mol. The Balaban J connectivity index is 0.00000180. The van der Waals surface area contributed by atoms with Gasteiger partial charge in [-0.2, -0.15) is 8.78 Å². The van der Waals surface area contributed by atoms with Gasteiger partial charge in [0.15, 0.2) is 0 Å². The zero-order valence-electron chi connectivity index (χ0n) is 10.1. The van der Waals surface area contributed by atoms with Crippen molar-refractivity contribution in [2.75, 3.05) is 11.9 Å². The van der Waals surface area contributed by atoms with Crippen LogP contribution in [0.2, 0.25) is 0 Å². The molecule has 0 bridgehead atoms. The smallest absolute Gasteiger partial charge is 0.288 e. The van der Waals surface area contributed by atoms with Crippen LogP contribution in [0.1, 0.15) is 12.8 Å². The first-order chi connectivity index (χ1) is 8.65. The summed E-state index contributed by atoms with van der Waals surface area (Å²) in [4.78, 5) is 12.3. The maximum atomic E-state index is 12.2. The minimum Gasteiger partial charge on any atom is -0.325 e. The molecule has 0 aliphatic carbocycles. The van der Waals surface area contributed by atoms with Crippen LogP contribution < -0.4 is 10.6 Å². The number of hydrogen-bond donors (Lipinski definition) is 2. The van der Waals surface area contributed by atoms with Gasteiger partial charge < -0.3 is 10.6 Å². The molecule has 0 spiro atoms. The summed E-state index contributed by atoms with van der Waals surface area (Å²) in [6.45, 7) is 0.847. The van der Waals surface area contributed by atoms with Crippen molar-refractivity contribution in [3.63, 3.8) is 0 Å². The highest BCUT2D eigenvalue weighted by Gasteiger charge is 2.21. The van der Waals surface area contributed by atoms with Gasteiger partial charge >= 0.3 is 0 Å². The van der Waals surface area contributed by atoms with E-state index in [1.54, 1.807) is 24.3 Å². The Bertz CT molecular complexity index is 428. The number of rotatable bonds is 4. The van der Waals surface area contributed by atoms with Gasteiger partial charge in [-0.3, -0.25) is 4.79 Å². The average Bonchev–Trinajstić information content (AvgIpc) is 2.81.